The summed E-state index contributed by atoms with van der Waals surface area (Å²) >= 11 is 0. The molecule has 1 aliphatic carbocycles. The molecule has 1 saturated carbocycles. The summed E-state index contributed by atoms with van der Waals surface area (Å²) in [6, 6.07) is 6.71. The number of hydrogen-bond donors (Lipinski definition) is 1. The number of ether oxygens (including phenoxy) is 3. The molecule has 2 rings (SSSR count). The van der Waals surface area contributed by atoms with Gasteiger partial charge in [-0.15, -0.1) is 0 Å². The van der Waals surface area contributed by atoms with Crippen molar-refractivity contribution in [2.24, 2.45) is 11.3 Å². The topological polar surface area (TPSA) is 133 Å². The van der Waals surface area contributed by atoms with Gasteiger partial charge in [-0.25, -0.2) is 4.79 Å². The monoisotopic (exact) mass is 546 g/mol. The lowest BCUT2D eigenvalue weighted by molar-refractivity contribution is -0.162. The van der Waals surface area contributed by atoms with E-state index in [0.29, 0.717) is 31.2 Å². The molecule has 216 valence electrons. The van der Waals surface area contributed by atoms with Crippen molar-refractivity contribution in [2.45, 2.75) is 97.5 Å². The van der Waals surface area contributed by atoms with E-state index in [1.165, 1.54) is 0 Å². The molecular weight excluding hydrogens is 504 g/mol. The average molecular weight is 547 g/mol. The highest BCUT2D eigenvalue weighted by Gasteiger charge is 2.56. The first kappa shape index (κ1) is 32.0. The number of carboxylic acid groups (broad SMARTS) is 1. The number of ketones is 1. The van der Waals surface area contributed by atoms with Crippen LogP contribution < -0.4 is 0 Å². The van der Waals surface area contributed by atoms with E-state index in [4.69, 9.17) is 19.3 Å². The van der Waals surface area contributed by atoms with Crippen LogP contribution >= 0.6 is 0 Å². The molecule has 3 unspecified atom stereocenters. The van der Waals surface area contributed by atoms with E-state index in [-0.39, 0.29) is 50.6 Å². The number of carbonyl (C=O) groups excluding carboxylic acids is 4. The summed E-state index contributed by atoms with van der Waals surface area (Å²) in [5.74, 6) is -3.08. The van der Waals surface area contributed by atoms with E-state index in [0.717, 1.165) is 24.8 Å². The smallest absolute Gasteiger partial charge is 0.338 e. The van der Waals surface area contributed by atoms with Gasteiger partial charge in [0.15, 0.2) is 5.78 Å². The van der Waals surface area contributed by atoms with Crippen LogP contribution in [0.5, 0.6) is 0 Å². The molecule has 0 aliphatic heterocycles. The maximum absolute atomic E-state index is 13.4. The minimum absolute atomic E-state index is 0.142. The number of Topliss-reactive ketones (excluding diaryl/α,β-unsaturated/α-hetero) is 1. The zero-order valence-electron chi connectivity index (χ0n) is 23.4. The first-order valence-electron chi connectivity index (χ1n) is 14.1. The van der Waals surface area contributed by atoms with Crippen LogP contribution in [0.3, 0.4) is 0 Å². The van der Waals surface area contributed by atoms with Gasteiger partial charge in [0.2, 0.25) is 0 Å². The molecule has 0 saturated heterocycles. The molecule has 9 nitrogen and oxygen atoms in total. The van der Waals surface area contributed by atoms with E-state index in [1.807, 2.05) is 0 Å². The normalized spacial score (nSPS) is 19.4. The molecule has 39 heavy (non-hydrogen) atoms. The molecule has 0 spiro atoms. The summed E-state index contributed by atoms with van der Waals surface area (Å²) in [5.41, 5.74) is -0.237. The van der Waals surface area contributed by atoms with E-state index in [2.05, 4.69) is 6.92 Å². The first-order chi connectivity index (χ1) is 18.7. The van der Waals surface area contributed by atoms with E-state index in [1.54, 1.807) is 38.1 Å². The largest absolute Gasteiger partial charge is 0.481 e. The van der Waals surface area contributed by atoms with Crippen LogP contribution in [0.2, 0.25) is 0 Å². The average Bonchev–Trinajstić information content (AvgIpc) is 3.22. The molecule has 1 N–H and O–H groups in total. The van der Waals surface area contributed by atoms with Crippen LogP contribution in [0.25, 0.3) is 0 Å². The van der Waals surface area contributed by atoms with Gasteiger partial charge in [0.25, 0.3) is 0 Å². The van der Waals surface area contributed by atoms with Crippen LogP contribution in [0, 0.1) is 11.3 Å². The summed E-state index contributed by atoms with van der Waals surface area (Å²) in [6.07, 6.45) is 4.41. The van der Waals surface area contributed by atoms with Gasteiger partial charge in [0, 0.05) is 6.42 Å². The van der Waals surface area contributed by atoms with Gasteiger partial charge in [-0.3, -0.25) is 19.2 Å². The molecule has 0 aromatic heterocycles. The van der Waals surface area contributed by atoms with E-state index in [9.17, 15) is 24.0 Å². The summed E-state index contributed by atoms with van der Waals surface area (Å²) in [5, 5.41) is 8.88. The Morgan fingerprint density at radius 2 is 1.67 bits per heavy atom. The maximum atomic E-state index is 13.4. The molecule has 0 amide bonds. The number of carbonyl (C=O) groups is 5. The van der Waals surface area contributed by atoms with Crippen LogP contribution in [-0.2, 0) is 39.8 Å². The third-order valence-electron chi connectivity index (χ3n) is 7.31. The standard InChI is InChI=1S/C30H42O9/c1-4-7-8-9-24(39-27(34)19-18-26(32)33)16-14-23-15-17-25(31)30(23,29(36)38-6-3)20-21-10-12-22(13-11-21)28(35)37-5-2/h10-13,23-24H,4-9,14-20H2,1-3H3,(H,32,33). The number of aliphatic carboxylic acids is 1. The highest BCUT2D eigenvalue weighted by atomic mass is 16.5. The fraction of sp³-hybridized carbons (Fsp3) is 0.633. The van der Waals surface area contributed by atoms with Crippen molar-refractivity contribution in [3.05, 3.63) is 35.4 Å². The Bertz CT molecular complexity index is 985. The molecule has 0 heterocycles. The lowest BCUT2D eigenvalue weighted by Crippen LogP contribution is -2.44. The Morgan fingerprint density at radius 3 is 2.28 bits per heavy atom. The van der Waals surface area contributed by atoms with E-state index >= 15 is 0 Å². The zero-order chi connectivity index (χ0) is 28.8. The molecule has 1 aliphatic rings. The number of carboxylic acids is 1. The highest BCUT2D eigenvalue weighted by Crippen LogP contribution is 2.47. The van der Waals surface area contributed by atoms with Crippen LogP contribution in [-0.4, -0.2) is 54.1 Å². The third-order valence-corrected chi connectivity index (χ3v) is 7.31. The second-order valence-corrected chi connectivity index (χ2v) is 10.0. The van der Waals surface area contributed by atoms with Crippen LogP contribution in [0.1, 0.15) is 101 Å². The first-order valence-corrected chi connectivity index (χ1v) is 14.1. The van der Waals surface area contributed by atoms with Crippen LogP contribution in [0.15, 0.2) is 24.3 Å². The Morgan fingerprint density at radius 1 is 0.974 bits per heavy atom. The summed E-state index contributed by atoms with van der Waals surface area (Å²) in [7, 11) is 0. The number of rotatable bonds is 17. The van der Waals surface area contributed by atoms with Crippen molar-refractivity contribution < 1.29 is 43.3 Å². The van der Waals surface area contributed by atoms with Gasteiger partial charge >= 0.3 is 23.9 Å². The van der Waals surface area contributed by atoms with Crippen molar-refractivity contribution >= 4 is 29.7 Å². The third kappa shape index (κ3) is 9.18. The van der Waals surface area contributed by atoms with Gasteiger partial charge in [0.1, 0.15) is 11.5 Å². The minimum Gasteiger partial charge on any atom is -0.481 e. The summed E-state index contributed by atoms with van der Waals surface area (Å²) in [6.45, 7) is 5.91. The number of unbranched alkanes of at least 4 members (excludes halogenated alkanes) is 2. The molecule has 1 fully saturated rings. The lowest BCUT2D eigenvalue weighted by atomic mass is 9.70. The number of benzene rings is 1. The molecule has 0 bridgehead atoms. The second-order valence-electron chi connectivity index (χ2n) is 10.0. The SMILES string of the molecule is CCCCCC(CCC1CCC(=O)C1(Cc1ccc(C(=O)OCC)cc1)C(=O)OCC)OC(=O)CCC(=O)O. The van der Waals surface area contributed by atoms with E-state index < -0.39 is 35.4 Å². The molecule has 1 aromatic carbocycles. The van der Waals surface area contributed by atoms with Gasteiger partial charge in [-0.2, -0.15) is 0 Å². The molecule has 1 aromatic rings. The quantitative estimate of drug-likeness (QED) is 0.123. The van der Waals surface area contributed by atoms with Crippen molar-refractivity contribution in [3.63, 3.8) is 0 Å². The molecular formula is C30H42O9. The molecule has 3 atom stereocenters. The fourth-order valence-corrected chi connectivity index (χ4v) is 5.27. The highest BCUT2D eigenvalue weighted by molar-refractivity contribution is 6.06. The van der Waals surface area contributed by atoms with Gasteiger partial charge < -0.3 is 19.3 Å². The fourth-order valence-electron chi connectivity index (χ4n) is 5.27. The summed E-state index contributed by atoms with van der Waals surface area (Å²) in [4.78, 5) is 61.9. The second kappa shape index (κ2) is 16.0. The van der Waals surface area contributed by atoms with Gasteiger partial charge in [0.05, 0.1) is 31.6 Å². The van der Waals surface area contributed by atoms with Crippen molar-refractivity contribution in [2.75, 3.05) is 13.2 Å². The predicted octanol–water partition coefficient (Wildman–Crippen LogP) is 5.07. The predicted molar refractivity (Wildman–Crippen MR) is 143 cm³/mol. The zero-order valence-corrected chi connectivity index (χ0v) is 23.4. The Kier molecular flexibility index (Phi) is 13.1. The Balaban J connectivity index is 2.24. The minimum atomic E-state index is -1.36. The van der Waals surface area contributed by atoms with Gasteiger partial charge in [-0.05, 0) is 76.0 Å². The van der Waals surface area contributed by atoms with Gasteiger partial charge in [-0.1, -0.05) is 31.9 Å². The van der Waals surface area contributed by atoms with Crippen LogP contribution in [0.4, 0.5) is 0 Å². The Hall–Kier alpha value is -3.23. The maximum Gasteiger partial charge on any atom is 0.338 e. The van der Waals surface area contributed by atoms with Crippen molar-refractivity contribution in [1.82, 2.24) is 0 Å². The van der Waals surface area contributed by atoms with Crippen molar-refractivity contribution in [1.29, 1.82) is 0 Å². The Labute approximate surface area is 230 Å². The number of esters is 3. The lowest BCUT2D eigenvalue weighted by Gasteiger charge is -2.33. The number of hydrogen-bond acceptors (Lipinski definition) is 8. The van der Waals surface area contributed by atoms with Crippen molar-refractivity contribution in [3.8, 4) is 0 Å². The molecule has 9 heteroatoms. The molecule has 0 radical (unpaired) electrons. The summed E-state index contributed by atoms with van der Waals surface area (Å²) < 4.78 is 16.1.